The molecule has 31 heavy (non-hydrogen) atoms. The van der Waals surface area contributed by atoms with Crippen LogP contribution in [0.4, 0.5) is 11.5 Å². The van der Waals surface area contributed by atoms with E-state index in [1.54, 1.807) is 12.4 Å². The molecule has 3 N–H and O–H groups in total. The summed E-state index contributed by atoms with van der Waals surface area (Å²) in [5.74, 6) is 0.108. The molecule has 1 fully saturated rings. The van der Waals surface area contributed by atoms with E-state index < -0.39 is 5.91 Å². The van der Waals surface area contributed by atoms with E-state index in [4.69, 9.17) is 5.21 Å². The molecule has 0 radical (unpaired) electrons. The van der Waals surface area contributed by atoms with Gasteiger partial charge in [-0.15, -0.1) is 37.2 Å². The maximum atomic E-state index is 11.0. The van der Waals surface area contributed by atoms with Crippen LogP contribution in [0.5, 0.6) is 0 Å². The maximum absolute atomic E-state index is 11.0. The number of likely N-dealkylation sites (tertiary alicyclic amines) is 1. The summed E-state index contributed by atoms with van der Waals surface area (Å²) in [7, 11) is 4.11. The first-order valence-corrected chi connectivity index (χ1v) is 9.23. The number of nitrogens with one attached hydrogen (secondary N) is 2. The molecule has 11 heteroatoms. The highest BCUT2D eigenvalue weighted by Gasteiger charge is 2.22. The Bertz CT molecular complexity index is 836. The minimum absolute atomic E-state index is 0. The van der Waals surface area contributed by atoms with Crippen molar-refractivity contribution in [3.05, 3.63) is 54.0 Å². The van der Waals surface area contributed by atoms with Crippen LogP contribution >= 0.6 is 37.2 Å². The normalized spacial score (nSPS) is 15.4. The molecule has 2 heterocycles. The van der Waals surface area contributed by atoms with Gasteiger partial charge in [0.05, 0.1) is 18.1 Å². The lowest BCUT2D eigenvalue weighted by Crippen LogP contribution is -2.26. The number of hydrogen-bond acceptors (Lipinski definition) is 7. The smallest absolute Gasteiger partial charge is 0.267 e. The van der Waals surface area contributed by atoms with Crippen LogP contribution in [0.15, 0.2) is 42.7 Å². The Morgan fingerprint density at radius 3 is 2.68 bits per heavy atom. The Balaban J connectivity index is 0.00000300. The number of benzene rings is 1. The van der Waals surface area contributed by atoms with Crippen molar-refractivity contribution in [2.75, 3.05) is 37.4 Å². The molecule has 0 unspecified atom stereocenters. The summed E-state index contributed by atoms with van der Waals surface area (Å²) in [6.07, 6.45) is 6.97. The number of hydroxylamine groups is 1. The number of aromatic nitrogens is 2. The Hall–Kier alpha value is -2.10. The molecule has 8 nitrogen and oxygen atoms in total. The van der Waals surface area contributed by atoms with Crippen molar-refractivity contribution in [2.45, 2.75) is 19.0 Å². The van der Waals surface area contributed by atoms with Crippen molar-refractivity contribution < 1.29 is 10.0 Å². The third-order valence-electron chi connectivity index (χ3n) is 4.64. The number of rotatable bonds is 7. The van der Waals surface area contributed by atoms with E-state index in [0.717, 1.165) is 26.1 Å². The number of amides is 1. The van der Waals surface area contributed by atoms with E-state index in [0.29, 0.717) is 17.6 Å². The second-order valence-corrected chi connectivity index (χ2v) is 7.07. The highest BCUT2D eigenvalue weighted by molar-refractivity contribution is 5.90. The van der Waals surface area contributed by atoms with Crippen LogP contribution in [-0.4, -0.2) is 59.2 Å². The molecule has 1 amide bonds. The van der Waals surface area contributed by atoms with Crippen LogP contribution in [0, 0.1) is 0 Å². The number of halogens is 3. The van der Waals surface area contributed by atoms with E-state index >= 15 is 0 Å². The standard InChI is InChI=1S/C20H26N6O2.3ClH/c1-25(2)18-5-3-4-15(10-18)13-26-9-8-17(14-26)23-19-12-21-16(11-22-19)6-7-20(27)24-28;;;/h3-7,10-12,17,28H,8-9,13-14H2,1-2H3,(H,22,23)(H,24,27);3*1H/b7-6+;;;/t17-;;;/m1.../s1. The Morgan fingerprint density at radius 2 is 2.03 bits per heavy atom. The molecular formula is C20H29Cl3N6O2. The lowest BCUT2D eigenvalue weighted by molar-refractivity contribution is -0.124. The van der Waals surface area contributed by atoms with E-state index in [2.05, 4.69) is 63.4 Å². The third-order valence-corrected chi connectivity index (χ3v) is 4.64. The zero-order valence-electron chi connectivity index (χ0n) is 17.4. The first kappa shape index (κ1) is 28.9. The van der Waals surface area contributed by atoms with Crippen LogP contribution in [0.3, 0.4) is 0 Å². The monoisotopic (exact) mass is 490 g/mol. The molecule has 1 atom stereocenters. The predicted octanol–water partition coefficient (Wildman–Crippen LogP) is 3.01. The van der Waals surface area contributed by atoms with E-state index in [1.165, 1.54) is 28.9 Å². The lowest BCUT2D eigenvalue weighted by Gasteiger charge is -2.19. The van der Waals surface area contributed by atoms with Gasteiger partial charge in [-0.25, -0.2) is 10.5 Å². The summed E-state index contributed by atoms with van der Waals surface area (Å²) in [6.45, 7) is 2.92. The second kappa shape index (κ2) is 14.1. The molecule has 1 aliphatic rings. The largest absolute Gasteiger partial charge is 0.378 e. The lowest BCUT2D eigenvalue weighted by atomic mass is 10.2. The van der Waals surface area contributed by atoms with Gasteiger partial charge in [0.2, 0.25) is 0 Å². The SMILES string of the molecule is CN(C)c1cccc(CN2CC[C@@H](Nc3cnc(/C=C/C(=O)NO)cn3)C2)c1.Cl.Cl.Cl. The fraction of sp³-hybridized carbons (Fsp3) is 0.350. The van der Waals surface area contributed by atoms with Gasteiger partial charge < -0.3 is 10.2 Å². The van der Waals surface area contributed by atoms with E-state index in [9.17, 15) is 4.79 Å². The number of carbonyl (C=O) groups is 1. The number of anilines is 2. The summed E-state index contributed by atoms with van der Waals surface area (Å²) in [5, 5.41) is 11.9. The van der Waals surface area contributed by atoms with Gasteiger partial charge in [-0.05, 0) is 30.2 Å². The van der Waals surface area contributed by atoms with Gasteiger partial charge >= 0.3 is 0 Å². The van der Waals surface area contributed by atoms with Crippen LogP contribution in [0.2, 0.25) is 0 Å². The summed E-state index contributed by atoms with van der Waals surface area (Å²) >= 11 is 0. The molecule has 1 aromatic carbocycles. The van der Waals surface area contributed by atoms with Gasteiger partial charge in [-0.3, -0.25) is 19.9 Å². The van der Waals surface area contributed by atoms with E-state index in [1.807, 2.05) is 0 Å². The average Bonchev–Trinajstić information content (AvgIpc) is 3.14. The average molecular weight is 492 g/mol. The second-order valence-electron chi connectivity index (χ2n) is 7.07. The summed E-state index contributed by atoms with van der Waals surface area (Å²) in [5.41, 5.74) is 4.61. The third kappa shape index (κ3) is 8.88. The van der Waals surface area contributed by atoms with Gasteiger partial charge in [0.1, 0.15) is 5.82 Å². The molecule has 0 saturated carbocycles. The minimum atomic E-state index is -0.605. The van der Waals surface area contributed by atoms with Crippen molar-refractivity contribution in [3.63, 3.8) is 0 Å². The Kier molecular flexibility index (Phi) is 13.1. The first-order chi connectivity index (χ1) is 13.5. The molecular weight excluding hydrogens is 463 g/mol. The maximum Gasteiger partial charge on any atom is 0.267 e. The number of hydrogen-bond donors (Lipinski definition) is 3. The number of carbonyl (C=O) groups excluding carboxylic acids is 1. The van der Waals surface area contributed by atoms with Crippen LogP contribution in [0.1, 0.15) is 17.7 Å². The quantitative estimate of drug-likeness (QED) is 0.311. The first-order valence-electron chi connectivity index (χ1n) is 9.23. The predicted molar refractivity (Wildman–Crippen MR) is 131 cm³/mol. The van der Waals surface area contributed by atoms with Crippen LogP contribution in [0.25, 0.3) is 6.08 Å². The Morgan fingerprint density at radius 1 is 1.26 bits per heavy atom. The highest BCUT2D eigenvalue weighted by atomic mass is 35.5. The van der Waals surface area contributed by atoms with Gasteiger partial charge in [-0.1, -0.05) is 12.1 Å². The molecule has 1 aromatic heterocycles. The zero-order valence-corrected chi connectivity index (χ0v) is 19.8. The van der Waals surface area contributed by atoms with Crippen molar-refractivity contribution in [3.8, 4) is 0 Å². The molecule has 2 aromatic rings. The fourth-order valence-corrected chi connectivity index (χ4v) is 3.19. The van der Waals surface area contributed by atoms with E-state index in [-0.39, 0.29) is 37.2 Å². The van der Waals surface area contributed by atoms with Crippen molar-refractivity contribution >= 4 is 60.7 Å². The van der Waals surface area contributed by atoms with Gasteiger partial charge in [-0.2, -0.15) is 0 Å². The molecule has 0 bridgehead atoms. The number of nitrogens with zero attached hydrogens (tertiary/aromatic N) is 4. The zero-order chi connectivity index (χ0) is 19.9. The fourth-order valence-electron chi connectivity index (χ4n) is 3.19. The highest BCUT2D eigenvalue weighted by Crippen LogP contribution is 2.19. The molecule has 3 rings (SSSR count). The van der Waals surface area contributed by atoms with Crippen LogP contribution in [-0.2, 0) is 11.3 Å². The molecule has 0 spiro atoms. The molecule has 0 aliphatic carbocycles. The molecule has 1 aliphatic heterocycles. The molecule has 1 saturated heterocycles. The summed E-state index contributed by atoms with van der Waals surface area (Å²) in [4.78, 5) is 24.1. The summed E-state index contributed by atoms with van der Waals surface area (Å²) in [6, 6.07) is 8.95. The van der Waals surface area contributed by atoms with Crippen LogP contribution < -0.4 is 15.7 Å². The Labute approximate surface area is 201 Å². The summed E-state index contributed by atoms with van der Waals surface area (Å²) < 4.78 is 0. The molecule has 172 valence electrons. The van der Waals surface area contributed by atoms with Crippen molar-refractivity contribution in [1.82, 2.24) is 20.3 Å². The van der Waals surface area contributed by atoms with Gasteiger partial charge in [0.15, 0.2) is 0 Å². The van der Waals surface area contributed by atoms with Gasteiger partial charge in [0.25, 0.3) is 5.91 Å². The van der Waals surface area contributed by atoms with Gasteiger partial charge in [0, 0.05) is 51.5 Å². The topological polar surface area (TPSA) is 93.6 Å². The van der Waals surface area contributed by atoms with Crippen molar-refractivity contribution in [1.29, 1.82) is 0 Å². The minimum Gasteiger partial charge on any atom is -0.378 e. The van der Waals surface area contributed by atoms with Crippen molar-refractivity contribution in [2.24, 2.45) is 0 Å².